The van der Waals surface area contributed by atoms with Crippen LogP contribution in [-0.4, -0.2) is 36.5 Å². The summed E-state index contributed by atoms with van der Waals surface area (Å²) in [6.45, 7) is 7.19. The number of carbonyl (C=O) groups excluding carboxylic acids is 1. The van der Waals surface area contributed by atoms with Crippen LogP contribution in [0.5, 0.6) is 0 Å². The second-order valence-corrected chi connectivity index (χ2v) is 6.67. The van der Waals surface area contributed by atoms with Crippen molar-refractivity contribution in [3.8, 4) is 0 Å². The summed E-state index contributed by atoms with van der Waals surface area (Å²) in [4.78, 5) is 14.9. The predicted octanol–water partition coefficient (Wildman–Crippen LogP) is 2.70. The van der Waals surface area contributed by atoms with Crippen LogP contribution in [0, 0.1) is 12.8 Å². The van der Waals surface area contributed by atoms with Gasteiger partial charge < -0.3 is 10.2 Å². The second kappa shape index (κ2) is 6.18. The smallest absolute Gasteiger partial charge is 0.227 e. The molecule has 0 unspecified atom stereocenters. The van der Waals surface area contributed by atoms with Crippen molar-refractivity contribution in [2.24, 2.45) is 5.92 Å². The van der Waals surface area contributed by atoms with Crippen molar-refractivity contribution < 1.29 is 4.79 Å². The second-order valence-electron chi connectivity index (χ2n) is 6.67. The summed E-state index contributed by atoms with van der Waals surface area (Å²) in [6, 6.07) is 8.97. The average Bonchev–Trinajstić information content (AvgIpc) is 2.89. The Kier molecular flexibility index (Phi) is 4.29. The van der Waals surface area contributed by atoms with E-state index in [1.807, 2.05) is 0 Å². The molecule has 21 heavy (non-hydrogen) atoms. The van der Waals surface area contributed by atoms with Crippen LogP contribution in [0.25, 0.3) is 0 Å². The lowest BCUT2D eigenvalue weighted by Crippen LogP contribution is -2.44. The molecule has 3 rings (SSSR count). The van der Waals surface area contributed by atoms with E-state index in [9.17, 15) is 4.79 Å². The van der Waals surface area contributed by atoms with Crippen molar-refractivity contribution in [2.45, 2.75) is 45.1 Å². The molecule has 0 saturated carbocycles. The van der Waals surface area contributed by atoms with Gasteiger partial charge in [0.2, 0.25) is 5.91 Å². The number of amides is 1. The van der Waals surface area contributed by atoms with Gasteiger partial charge in [-0.2, -0.15) is 0 Å². The molecule has 3 heteroatoms. The number of likely N-dealkylation sites (tertiary alicyclic amines) is 1. The third-order valence-electron chi connectivity index (χ3n) is 5.13. The molecule has 2 heterocycles. The first-order valence-corrected chi connectivity index (χ1v) is 8.23. The summed E-state index contributed by atoms with van der Waals surface area (Å²) in [5.74, 6) is 1.06. The zero-order valence-corrected chi connectivity index (χ0v) is 13.1. The predicted molar refractivity (Wildman–Crippen MR) is 85.3 cm³/mol. The highest BCUT2D eigenvalue weighted by Crippen LogP contribution is 2.34. The summed E-state index contributed by atoms with van der Waals surface area (Å²) >= 11 is 0. The van der Waals surface area contributed by atoms with E-state index in [0.717, 1.165) is 38.9 Å². The SMILES string of the molecule is Cc1ccccc1[C@@H]1C[C@@H](C)N(C(=O)[C@@H]2CCCNC2)C1. The summed E-state index contributed by atoms with van der Waals surface area (Å²) in [5.41, 5.74) is 2.77. The summed E-state index contributed by atoms with van der Waals surface area (Å²) in [6.07, 6.45) is 3.26. The molecule has 1 aromatic carbocycles. The topological polar surface area (TPSA) is 32.3 Å². The summed E-state index contributed by atoms with van der Waals surface area (Å²) < 4.78 is 0. The molecule has 0 aromatic heterocycles. The fourth-order valence-corrected chi connectivity index (χ4v) is 3.91. The van der Waals surface area contributed by atoms with Crippen molar-refractivity contribution in [2.75, 3.05) is 19.6 Å². The zero-order chi connectivity index (χ0) is 14.8. The fraction of sp³-hybridized carbons (Fsp3) is 0.611. The Labute approximate surface area is 127 Å². The lowest BCUT2D eigenvalue weighted by Gasteiger charge is -2.29. The summed E-state index contributed by atoms with van der Waals surface area (Å²) in [7, 11) is 0. The van der Waals surface area contributed by atoms with E-state index in [1.54, 1.807) is 0 Å². The molecule has 2 fully saturated rings. The van der Waals surface area contributed by atoms with Crippen LogP contribution in [0.2, 0.25) is 0 Å². The van der Waals surface area contributed by atoms with Crippen molar-refractivity contribution in [3.05, 3.63) is 35.4 Å². The molecule has 0 spiro atoms. The third-order valence-corrected chi connectivity index (χ3v) is 5.13. The quantitative estimate of drug-likeness (QED) is 0.906. The first-order valence-electron chi connectivity index (χ1n) is 8.23. The van der Waals surface area contributed by atoms with Gasteiger partial charge in [0.15, 0.2) is 0 Å². The molecule has 0 radical (unpaired) electrons. The van der Waals surface area contributed by atoms with Gasteiger partial charge in [-0.05, 0) is 50.8 Å². The molecule has 0 bridgehead atoms. The molecule has 2 saturated heterocycles. The van der Waals surface area contributed by atoms with Crippen LogP contribution < -0.4 is 5.32 Å². The Bertz CT molecular complexity index is 508. The Balaban J connectivity index is 1.71. The van der Waals surface area contributed by atoms with Crippen LogP contribution in [-0.2, 0) is 4.79 Å². The van der Waals surface area contributed by atoms with Gasteiger partial charge in [0.25, 0.3) is 0 Å². The Morgan fingerprint density at radius 2 is 2.14 bits per heavy atom. The van der Waals surface area contributed by atoms with E-state index in [1.165, 1.54) is 11.1 Å². The van der Waals surface area contributed by atoms with Gasteiger partial charge in [0.1, 0.15) is 0 Å². The number of nitrogens with one attached hydrogen (secondary N) is 1. The Hall–Kier alpha value is -1.35. The van der Waals surface area contributed by atoms with E-state index in [2.05, 4.69) is 48.3 Å². The van der Waals surface area contributed by atoms with Crippen LogP contribution >= 0.6 is 0 Å². The standard InChI is InChI=1S/C18H26N2O/c1-13-6-3-4-8-17(13)16-10-14(2)20(12-16)18(21)15-7-5-9-19-11-15/h3-4,6,8,14-16,19H,5,7,9-12H2,1-2H3/t14-,15-,16-/m1/s1. The zero-order valence-electron chi connectivity index (χ0n) is 13.1. The van der Waals surface area contributed by atoms with Crippen LogP contribution in [0.4, 0.5) is 0 Å². The largest absolute Gasteiger partial charge is 0.339 e. The molecule has 3 nitrogen and oxygen atoms in total. The lowest BCUT2D eigenvalue weighted by molar-refractivity contribution is -0.136. The van der Waals surface area contributed by atoms with Crippen molar-refractivity contribution in [1.82, 2.24) is 10.2 Å². The minimum Gasteiger partial charge on any atom is -0.339 e. The molecule has 1 amide bonds. The number of aryl methyl sites for hydroxylation is 1. The van der Waals surface area contributed by atoms with Crippen LogP contribution in [0.1, 0.15) is 43.2 Å². The first-order chi connectivity index (χ1) is 10.2. The van der Waals surface area contributed by atoms with Gasteiger partial charge in [-0.3, -0.25) is 4.79 Å². The molecule has 3 atom stereocenters. The number of piperidine rings is 1. The molecule has 114 valence electrons. The van der Waals surface area contributed by atoms with Crippen molar-refractivity contribution in [1.29, 1.82) is 0 Å². The average molecular weight is 286 g/mol. The van der Waals surface area contributed by atoms with Gasteiger partial charge in [-0.25, -0.2) is 0 Å². The maximum atomic E-state index is 12.8. The molecule has 2 aliphatic heterocycles. The highest BCUT2D eigenvalue weighted by Gasteiger charge is 2.36. The van der Waals surface area contributed by atoms with Crippen molar-refractivity contribution in [3.63, 3.8) is 0 Å². The van der Waals surface area contributed by atoms with E-state index < -0.39 is 0 Å². The lowest BCUT2D eigenvalue weighted by atomic mass is 9.93. The third kappa shape index (κ3) is 2.98. The normalized spacial score (nSPS) is 29.6. The Morgan fingerprint density at radius 1 is 1.33 bits per heavy atom. The number of nitrogens with zero attached hydrogens (tertiary/aromatic N) is 1. The van der Waals surface area contributed by atoms with Gasteiger partial charge in [0, 0.05) is 25.0 Å². The van der Waals surface area contributed by atoms with Gasteiger partial charge in [-0.1, -0.05) is 24.3 Å². The van der Waals surface area contributed by atoms with Crippen LogP contribution in [0.3, 0.4) is 0 Å². The highest BCUT2D eigenvalue weighted by atomic mass is 16.2. The van der Waals surface area contributed by atoms with Gasteiger partial charge >= 0.3 is 0 Å². The van der Waals surface area contributed by atoms with E-state index >= 15 is 0 Å². The number of hydrogen-bond donors (Lipinski definition) is 1. The molecule has 2 aliphatic rings. The molecule has 1 N–H and O–H groups in total. The van der Waals surface area contributed by atoms with E-state index in [0.29, 0.717) is 17.9 Å². The molecular formula is C18H26N2O. The highest BCUT2D eigenvalue weighted by molar-refractivity contribution is 5.80. The monoisotopic (exact) mass is 286 g/mol. The maximum absolute atomic E-state index is 12.8. The van der Waals surface area contributed by atoms with Crippen molar-refractivity contribution >= 4 is 5.91 Å². The fourth-order valence-electron chi connectivity index (χ4n) is 3.91. The number of hydrogen-bond acceptors (Lipinski definition) is 2. The maximum Gasteiger partial charge on any atom is 0.227 e. The van der Waals surface area contributed by atoms with E-state index in [4.69, 9.17) is 0 Å². The first kappa shape index (κ1) is 14.6. The number of benzene rings is 1. The molecule has 1 aromatic rings. The van der Waals surface area contributed by atoms with E-state index in [-0.39, 0.29) is 5.92 Å². The minimum atomic E-state index is 0.192. The number of rotatable bonds is 2. The van der Waals surface area contributed by atoms with Gasteiger partial charge in [-0.15, -0.1) is 0 Å². The van der Waals surface area contributed by atoms with Gasteiger partial charge in [0.05, 0.1) is 5.92 Å². The minimum absolute atomic E-state index is 0.192. The summed E-state index contributed by atoms with van der Waals surface area (Å²) in [5, 5.41) is 3.36. The van der Waals surface area contributed by atoms with Crippen LogP contribution in [0.15, 0.2) is 24.3 Å². The number of carbonyl (C=O) groups is 1. The molecule has 0 aliphatic carbocycles. The molecular weight excluding hydrogens is 260 g/mol. The Morgan fingerprint density at radius 3 is 2.86 bits per heavy atom.